The first kappa shape index (κ1) is 19.7. The summed E-state index contributed by atoms with van der Waals surface area (Å²) >= 11 is 0. The van der Waals surface area contributed by atoms with Gasteiger partial charge in [0.25, 0.3) is 0 Å². The minimum atomic E-state index is -0.763. The van der Waals surface area contributed by atoms with Crippen LogP contribution in [0.1, 0.15) is 53.9 Å². The van der Waals surface area contributed by atoms with Gasteiger partial charge in [-0.2, -0.15) is 0 Å². The van der Waals surface area contributed by atoms with Gasteiger partial charge in [0.1, 0.15) is 0 Å². The molecular weight excluding hydrogens is 268 g/mol. The average Bonchev–Trinajstić information content (AvgIpc) is 2.35. The van der Waals surface area contributed by atoms with Crippen molar-refractivity contribution < 1.29 is 14.7 Å². The molecule has 0 aromatic rings. The quantitative estimate of drug-likeness (QED) is 0.580. The Kier molecular flexibility index (Phi) is 9.84. The van der Waals surface area contributed by atoms with E-state index < -0.39 is 5.97 Å². The molecule has 0 radical (unpaired) electrons. The highest BCUT2D eigenvalue weighted by Crippen LogP contribution is 2.19. The molecule has 0 saturated heterocycles. The average molecular weight is 300 g/mol. The summed E-state index contributed by atoms with van der Waals surface area (Å²) in [4.78, 5) is 22.2. The lowest BCUT2D eigenvalue weighted by atomic mass is 9.85. The lowest BCUT2D eigenvalue weighted by Gasteiger charge is -2.25. The molecule has 0 rings (SSSR count). The van der Waals surface area contributed by atoms with E-state index in [2.05, 4.69) is 38.3 Å². The summed E-state index contributed by atoms with van der Waals surface area (Å²) in [7, 11) is 0. The van der Waals surface area contributed by atoms with Gasteiger partial charge < -0.3 is 15.7 Å². The van der Waals surface area contributed by atoms with Crippen molar-refractivity contribution in [3.8, 4) is 0 Å². The highest BCUT2D eigenvalue weighted by atomic mass is 16.4. The monoisotopic (exact) mass is 300 g/mol. The number of nitrogens with one attached hydrogen (secondary N) is 2. The molecule has 5 heteroatoms. The summed E-state index contributed by atoms with van der Waals surface area (Å²) in [5, 5.41) is 14.4. The number of carbonyl (C=O) groups excluding carboxylic acids is 1. The van der Waals surface area contributed by atoms with Crippen molar-refractivity contribution in [1.82, 2.24) is 10.6 Å². The van der Waals surface area contributed by atoms with Gasteiger partial charge in [0, 0.05) is 19.5 Å². The molecule has 3 N–H and O–H groups in total. The molecule has 0 saturated carbocycles. The van der Waals surface area contributed by atoms with Crippen molar-refractivity contribution in [1.29, 1.82) is 0 Å². The number of amides is 2. The number of hydrogen-bond acceptors (Lipinski definition) is 2. The maximum Gasteiger partial charge on any atom is 0.314 e. The molecule has 0 aliphatic heterocycles. The fourth-order valence-corrected chi connectivity index (χ4v) is 2.46. The van der Waals surface area contributed by atoms with Crippen molar-refractivity contribution in [2.75, 3.05) is 13.1 Å². The molecular formula is C16H32N2O3. The molecule has 1 unspecified atom stereocenters. The summed E-state index contributed by atoms with van der Waals surface area (Å²) in [5.74, 6) is 1.11. The molecule has 0 aliphatic carbocycles. The molecule has 0 aromatic heterocycles. The predicted octanol–water partition coefficient (Wildman–Crippen LogP) is 3.10. The van der Waals surface area contributed by atoms with Crippen molar-refractivity contribution in [3.05, 3.63) is 0 Å². The number of aliphatic carboxylic acids is 1. The van der Waals surface area contributed by atoms with E-state index in [4.69, 9.17) is 5.11 Å². The Balaban J connectivity index is 3.82. The van der Waals surface area contributed by atoms with Crippen LogP contribution in [0.15, 0.2) is 0 Å². The van der Waals surface area contributed by atoms with Gasteiger partial charge in [0.2, 0.25) is 0 Å². The topological polar surface area (TPSA) is 78.4 Å². The Labute approximate surface area is 128 Å². The first-order chi connectivity index (χ1) is 9.73. The van der Waals surface area contributed by atoms with Crippen LogP contribution < -0.4 is 10.6 Å². The molecule has 0 spiro atoms. The van der Waals surface area contributed by atoms with Crippen LogP contribution in [0.25, 0.3) is 0 Å². The van der Waals surface area contributed by atoms with Gasteiger partial charge in [-0.05, 0) is 36.5 Å². The molecule has 0 aliphatic rings. The third kappa shape index (κ3) is 10.2. The van der Waals surface area contributed by atoms with Gasteiger partial charge in [0.15, 0.2) is 0 Å². The van der Waals surface area contributed by atoms with Crippen LogP contribution in [0.2, 0.25) is 0 Å². The molecule has 0 fully saturated rings. The van der Waals surface area contributed by atoms with Crippen LogP contribution in [0, 0.1) is 23.7 Å². The Morgan fingerprint density at radius 2 is 1.52 bits per heavy atom. The number of urea groups is 1. The van der Waals surface area contributed by atoms with Crippen LogP contribution in [-0.4, -0.2) is 30.2 Å². The van der Waals surface area contributed by atoms with E-state index in [9.17, 15) is 9.59 Å². The molecule has 5 nitrogen and oxygen atoms in total. The van der Waals surface area contributed by atoms with Crippen LogP contribution in [0.4, 0.5) is 4.79 Å². The van der Waals surface area contributed by atoms with Gasteiger partial charge in [0.05, 0.1) is 0 Å². The zero-order valence-electron chi connectivity index (χ0n) is 14.1. The Morgan fingerprint density at radius 3 is 2.00 bits per heavy atom. The lowest BCUT2D eigenvalue weighted by molar-refractivity contribution is -0.137. The fourth-order valence-electron chi connectivity index (χ4n) is 2.46. The summed E-state index contributed by atoms with van der Waals surface area (Å²) in [6, 6.07) is -0.133. The fraction of sp³-hybridized carbons (Fsp3) is 0.875. The number of carbonyl (C=O) groups is 2. The smallest absolute Gasteiger partial charge is 0.314 e. The molecule has 2 amide bonds. The van der Waals surface area contributed by atoms with Gasteiger partial charge in [-0.3, -0.25) is 4.79 Å². The van der Waals surface area contributed by atoms with E-state index >= 15 is 0 Å². The Bertz CT molecular complexity index is 309. The number of rotatable bonds is 10. The van der Waals surface area contributed by atoms with Crippen molar-refractivity contribution in [2.45, 2.75) is 53.9 Å². The minimum Gasteiger partial charge on any atom is -0.481 e. The number of hydrogen-bond donors (Lipinski definition) is 3. The summed E-state index contributed by atoms with van der Waals surface area (Å²) in [6.45, 7) is 12.0. The molecule has 21 heavy (non-hydrogen) atoms. The van der Waals surface area contributed by atoms with Gasteiger partial charge in [-0.1, -0.05) is 34.6 Å². The second-order valence-corrected chi connectivity index (χ2v) is 6.61. The van der Waals surface area contributed by atoms with Gasteiger partial charge >= 0.3 is 12.0 Å². The second-order valence-electron chi connectivity index (χ2n) is 6.61. The lowest BCUT2D eigenvalue weighted by Crippen LogP contribution is -2.41. The Hall–Kier alpha value is -1.26. The van der Waals surface area contributed by atoms with E-state index in [0.29, 0.717) is 43.2 Å². The number of carboxylic acids is 1. The van der Waals surface area contributed by atoms with Crippen LogP contribution in [-0.2, 0) is 4.79 Å². The summed E-state index contributed by atoms with van der Waals surface area (Å²) in [6.07, 6.45) is 1.65. The summed E-state index contributed by atoms with van der Waals surface area (Å²) in [5.41, 5.74) is 0. The predicted molar refractivity (Wildman–Crippen MR) is 85.2 cm³/mol. The standard InChI is InChI=1S/C16H32N2O3/c1-11(2)14(12(3)4)10-18-16(21)17-9-8-13(5)6-7-15(19)20/h11-14H,6-10H2,1-5H3,(H,19,20)(H2,17,18,21). The van der Waals surface area contributed by atoms with Crippen molar-refractivity contribution >= 4 is 12.0 Å². The first-order valence-corrected chi connectivity index (χ1v) is 7.97. The van der Waals surface area contributed by atoms with E-state index in [1.807, 2.05) is 6.92 Å². The maximum absolute atomic E-state index is 11.7. The zero-order chi connectivity index (χ0) is 16.4. The normalized spacial score (nSPS) is 12.8. The van der Waals surface area contributed by atoms with Crippen LogP contribution >= 0.6 is 0 Å². The van der Waals surface area contributed by atoms with Gasteiger partial charge in [-0.25, -0.2) is 4.79 Å². The molecule has 0 heterocycles. The van der Waals surface area contributed by atoms with E-state index in [1.54, 1.807) is 0 Å². The third-order valence-electron chi connectivity index (χ3n) is 3.98. The van der Waals surface area contributed by atoms with E-state index in [1.165, 1.54) is 0 Å². The van der Waals surface area contributed by atoms with Crippen LogP contribution in [0.3, 0.4) is 0 Å². The number of carboxylic acid groups (broad SMARTS) is 1. The molecule has 124 valence electrons. The van der Waals surface area contributed by atoms with E-state index in [0.717, 1.165) is 6.42 Å². The molecule has 0 bridgehead atoms. The first-order valence-electron chi connectivity index (χ1n) is 7.97. The minimum absolute atomic E-state index is 0.133. The van der Waals surface area contributed by atoms with Crippen molar-refractivity contribution in [2.24, 2.45) is 23.7 Å². The van der Waals surface area contributed by atoms with E-state index in [-0.39, 0.29) is 12.5 Å². The van der Waals surface area contributed by atoms with Crippen molar-refractivity contribution in [3.63, 3.8) is 0 Å². The maximum atomic E-state index is 11.7. The molecule has 0 aromatic carbocycles. The molecule has 1 atom stereocenters. The van der Waals surface area contributed by atoms with Gasteiger partial charge in [-0.15, -0.1) is 0 Å². The summed E-state index contributed by atoms with van der Waals surface area (Å²) < 4.78 is 0. The Morgan fingerprint density at radius 1 is 0.952 bits per heavy atom. The third-order valence-corrected chi connectivity index (χ3v) is 3.98. The largest absolute Gasteiger partial charge is 0.481 e. The SMILES string of the molecule is CC(CCNC(=O)NCC(C(C)C)C(C)C)CCC(=O)O. The van der Waals surface area contributed by atoms with Crippen LogP contribution in [0.5, 0.6) is 0 Å². The highest BCUT2D eigenvalue weighted by molar-refractivity contribution is 5.73. The zero-order valence-corrected chi connectivity index (χ0v) is 14.1. The second kappa shape index (κ2) is 10.5. The highest BCUT2D eigenvalue weighted by Gasteiger charge is 2.18.